The number of hydrogen-bond donors (Lipinski definition) is 0. The number of esters is 1. The average molecular weight is 401 g/mol. The normalized spacial score (nSPS) is 14.6. The molecule has 1 aliphatic heterocycles. The fourth-order valence-electron chi connectivity index (χ4n) is 3.68. The fourth-order valence-corrected chi connectivity index (χ4v) is 3.80. The molecule has 0 N–H and O–H groups in total. The van der Waals surface area contributed by atoms with Gasteiger partial charge >= 0.3 is 5.97 Å². The Morgan fingerprint density at radius 3 is 2.57 bits per heavy atom. The van der Waals surface area contributed by atoms with Gasteiger partial charge in [-0.3, -0.25) is 9.69 Å². The van der Waals surface area contributed by atoms with E-state index in [1.807, 2.05) is 13.0 Å². The highest BCUT2D eigenvalue weighted by molar-refractivity contribution is 6.31. The molecule has 0 aromatic heterocycles. The van der Waals surface area contributed by atoms with Gasteiger partial charge < -0.3 is 9.64 Å². The number of ether oxygens (including phenoxy) is 1. The maximum Gasteiger partial charge on any atom is 0.311 e. The van der Waals surface area contributed by atoms with Crippen molar-refractivity contribution < 1.29 is 9.53 Å². The number of methoxy groups -OCH3 is 1. The Balaban J connectivity index is 1.68. The van der Waals surface area contributed by atoms with E-state index in [-0.39, 0.29) is 11.9 Å². The molecule has 1 saturated heterocycles. The van der Waals surface area contributed by atoms with Crippen LogP contribution in [-0.2, 0) is 22.6 Å². The summed E-state index contributed by atoms with van der Waals surface area (Å²) in [5.74, 6) is -0.0733. The third-order valence-corrected chi connectivity index (χ3v) is 5.99. The van der Waals surface area contributed by atoms with Gasteiger partial charge in [0.1, 0.15) is 0 Å². The van der Waals surface area contributed by atoms with Crippen LogP contribution in [0.4, 0.5) is 5.69 Å². The Morgan fingerprint density at radius 1 is 1.18 bits per heavy atom. The van der Waals surface area contributed by atoms with Crippen LogP contribution in [0.5, 0.6) is 0 Å². The van der Waals surface area contributed by atoms with Gasteiger partial charge in [-0.2, -0.15) is 0 Å². The minimum absolute atomic E-state index is 0.0252. The summed E-state index contributed by atoms with van der Waals surface area (Å²) in [7, 11) is 1.46. The van der Waals surface area contributed by atoms with E-state index in [1.165, 1.54) is 29.5 Å². The molecule has 150 valence electrons. The van der Waals surface area contributed by atoms with Crippen LogP contribution in [0.15, 0.2) is 36.4 Å². The molecule has 1 aliphatic rings. The molecule has 1 heterocycles. The molecule has 2 aromatic rings. The van der Waals surface area contributed by atoms with Crippen molar-refractivity contribution in [2.24, 2.45) is 5.92 Å². The zero-order chi connectivity index (χ0) is 20.3. The summed E-state index contributed by atoms with van der Waals surface area (Å²) in [5.41, 5.74) is 6.19. The molecule has 0 bridgehead atoms. The zero-order valence-electron chi connectivity index (χ0n) is 17.2. The van der Waals surface area contributed by atoms with Crippen molar-refractivity contribution >= 4 is 23.3 Å². The molecule has 0 unspecified atom stereocenters. The van der Waals surface area contributed by atoms with Crippen LogP contribution >= 0.6 is 11.6 Å². The lowest BCUT2D eigenvalue weighted by molar-refractivity contribution is -0.151. The van der Waals surface area contributed by atoms with Crippen molar-refractivity contribution in [3.8, 4) is 0 Å². The third kappa shape index (κ3) is 4.68. The van der Waals surface area contributed by atoms with E-state index in [9.17, 15) is 4.79 Å². The molecule has 0 amide bonds. The molecule has 2 aromatic carbocycles. The smallest absolute Gasteiger partial charge is 0.311 e. The topological polar surface area (TPSA) is 32.8 Å². The van der Waals surface area contributed by atoms with Gasteiger partial charge in [0.05, 0.1) is 13.0 Å². The zero-order valence-corrected chi connectivity index (χ0v) is 17.9. The summed E-state index contributed by atoms with van der Waals surface area (Å²) in [6.07, 6.45) is 0. The summed E-state index contributed by atoms with van der Waals surface area (Å²) in [5, 5.41) is 0.803. The van der Waals surface area contributed by atoms with Gasteiger partial charge in [0, 0.05) is 43.4 Å². The second-order valence-electron chi connectivity index (χ2n) is 7.62. The lowest BCUT2D eigenvalue weighted by atomic mass is 9.97. The van der Waals surface area contributed by atoms with Gasteiger partial charge in [-0.25, -0.2) is 0 Å². The molecule has 3 rings (SSSR count). The minimum atomic E-state index is -0.0985. The van der Waals surface area contributed by atoms with E-state index in [0.29, 0.717) is 0 Å². The summed E-state index contributed by atoms with van der Waals surface area (Å²) in [4.78, 5) is 16.2. The van der Waals surface area contributed by atoms with Gasteiger partial charge in [0.15, 0.2) is 0 Å². The molecular weight excluding hydrogens is 372 g/mol. The molecule has 0 aliphatic carbocycles. The number of aryl methyl sites for hydroxylation is 2. The first-order valence-electron chi connectivity index (χ1n) is 9.81. The second kappa shape index (κ2) is 8.97. The second-order valence-corrected chi connectivity index (χ2v) is 8.03. The average Bonchev–Trinajstić information content (AvgIpc) is 2.66. The number of hydrogen-bond acceptors (Lipinski definition) is 4. The molecule has 0 radical (unpaired) electrons. The van der Waals surface area contributed by atoms with Crippen molar-refractivity contribution in [2.75, 3.05) is 31.6 Å². The van der Waals surface area contributed by atoms with Crippen LogP contribution in [0.25, 0.3) is 0 Å². The van der Waals surface area contributed by atoms with Crippen LogP contribution in [0.3, 0.4) is 0 Å². The van der Waals surface area contributed by atoms with Crippen molar-refractivity contribution in [3.05, 3.63) is 63.7 Å². The van der Waals surface area contributed by atoms with Gasteiger partial charge in [-0.05, 0) is 61.2 Å². The third-order valence-electron chi connectivity index (χ3n) is 5.56. The monoisotopic (exact) mass is 400 g/mol. The van der Waals surface area contributed by atoms with E-state index in [0.717, 1.165) is 43.3 Å². The van der Waals surface area contributed by atoms with Gasteiger partial charge in [-0.1, -0.05) is 29.8 Å². The number of anilines is 1. The fraction of sp³-hybridized carbons (Fsp3) is 0.435. The Labute approximate surface area is 173 Å². The number of likely N-dealkylation sites (tertiary alicyclic amines) is 1. The van der Waals surface area contributed by atoms with Gasteiger partial charge in [-0.15, -0.1) is 0 Å². The molecule has 1 fully saturated rings. The first-order valence-corrected chi connectivity index (χ1v) is 10.2. The number of carbonyl (C=O) groups excluding carboxylic acids is 1. The SMILES string of the molecule is CCN(Cc1ccc(C)c(CN2CC(C(=O)OC)C2)c1)c1ccc(Cl)c(C)c1. The number of halogens is 1. The van der Waals surface area contributed by atoms with Crippen molar-refractivity contribution in [1.29, 1.82) is 0 Å². The summed E-state index contributed by atoms with van der Waals surface area (Å²) in [6, 6.07) is 12.9. The number of carbonyl (C=O) groups is 1. The van der Waals surface area contributed by atoms with E-state index < -0.39 is 0 Å². The maximum atomic E-state index is 11.6. The van der Waals surface area contributed by atoms with E-state index >= 15 is 0 Å². The lowest BCUT2D eigenvalue weighted by Gasteiger charge is -2.37. The van der Waals surface area contributed by atoms with Crippen LogP contribution in [0.1, 0.15) is 29.2 Å². The Morgan fingerprint density at radius 2 is 1.93 bits per heavy atom. The highest BCUT2D eigenvalue weighted by Crippen LogP contribution is 2.25. The van der Waals surface area contributed by atoms with Crippen LogP contribution in [0, 0.1) is 19.8 Å². The molecule has 0 atom stereocenters. The van der Waals surface area contributed by atoms with Crippen LogP contribution < -0.4 is 4.90 Å². The summed E-state index contributed by atoms with van der Waals surface area (Å²) in [6.45, 7) is 10.6. The van der Waals surface area contributed by atoms with Crippen molar-refractivity contribution in [3.63, 3.8) is 0 Å². The predicted octanol–water partition coefficient (Wildman–Crippen LogP) is 4.59. The van der Waals surface area contributed by atoms with Gasteiger partial charge in [0.25, 0.3) is 0 Å². The first kappa shape index (κ1) is 20.7. The quantitative estimate of drug-likeness (QED) is 0.636. The van der Waals surface area contributed by atoms with Crippen LogP contribution in [-0.4, -0.2) is 37.6 Å². The first-order chi connectivity index (χ1) is 13.4. The number of nitrogens with zero attached hydrogens (tertiary/aromatic N) is 2. The van der Waals surface area contributed by atoms with Crippen molar-refractivity contribution in [2.45, 2.75) is 33.9 Å². The molecule has 4 nitrogen and oxygen atoms in total. The molecule has 28 heavy (non-hydrogen) atoms. The molecule has 0 spiro atoms. The Hall–Kier alpha value is -2.04. The van der Waals surface area contributed by atoms with E-state index in [2.05, 4.69) is 54.0 Å². The lowest BCUT2D eigenvalue weighted by Crippen LogP contribution is -2.50. The van der Waals surface area contributed by atoms with Crippen LogP contribution in [0.2, 0.25) is 5.02 Å². The highest BCUT2D eigenvalue weighted by Gasteiger charge is 2.33. The highest BCUT2D eigenvalue weighted by atomic mass is 35.5. The summed E-state index contributed by atoms with van der Waals surface area (Å²) < 4.78 is 4.83. The molecule has 5 heteroatoms. The maximum absolute atomic E-state index is 11.6. The Bertz CT molecular complexity index is 846. The largest absolute Gasteiger partial charge is 0.469 e. The number of benzene rings is 2. The minimum Gasteiger partial charge on any atom is -0.469 e. The van der Waals surface area contributed by atoms with Crippen molar-refractivity contribution in [1.82, 2.24) is 4.90 Å². The van der Waals surface area contributed by atoms with Gasteiger partial charge in [0.2, 0.25) is 0 Å². The summed E-state index contributed by atoms with van der Waals surface area (Å²) >= 11 is 6.18. The van der Waals surface area contributed by atoms with E-state index in [4.69, 9.17) is 16.3 Å². The molecular formula is C23H29ClN2O2. The number of rotatable bonds is 7. The predicted molar refractivity (Wildman–Crippen MR) is 115 cm³/mol. The Kier molecular flexibility index (Phi) is 6.63. The van der Waals surface area contributed by atoms with E-state index in [1.54, 1.807) is 0 Å². The standard InChI is InChI=1S/C23H29ClN2O2/c1-5-26(21-8-9-22(24)17(3)10-21)12-18-7-6-16(2)19(11-18)13-25-14-20(15-25)23(27)28-4/h6-11,20H,5,12-15H2,1-4H3. The molecule has 0 saturated carbocycles.